The lowest BCUT2D eigenvalue weighted by molar-refractivity contribution is -0.138. The number of nitrogens with two attached hydrogens (primary N) is 1. The topological polar surface area (TPSA) is 78.7 Å². The van der Waals surface area contributed by atoms with Gasteiger partial charge in [0.1, 0.15) is 6.54 Å². The highest BCUT2D eigenvalue weighted by atomic mass is 19.4. The van der Waals surface area contributed by atoms with E-state index in [4.69, 9.17) is 5.73 Å². The van der Waals surface area contributed by atoms with Crippen LogP contribution in [0.5, 0.6) is 0 Å². The number of rotatable bonds is 10. The van der Waals surface area contributed by atoms with Crippen LogP contribution in [0.3, 0.4) is 0 Å². The lowest BCUT2D eigenvalue weighted by atomic mass is 9.83. The minimum Gasteiger partial charge on any atom is -0.355 e. The van der Waals surface area contributed by atoms with Gasteiger partial charge in [-0.1, -0.05) is 63.3 Å². The third-order valence-corrected chi connectivity index (χ3v) is 11.0. The maximum Gasteiger partial charge on any atom is 0.405 e. The maximum atomic E-state index is 15.1. The van der Waals surface area contributed by atoms with E-state index in [1.165, 1.54) is 32.1 Å². The number of Topliss-reactive ketones (excluding diaryl/α,β-unsaturated/α-hetero) is 1. The van der Waals surface area contributed by atoms with Crippen LogP contribution in [0.15, 0.2) is 30.3 Å². The first-order valence-electron chi connectivity index (χ1n) is 18.1. The lowest BCUT2D eigenvalue weighted by Gasteiger charge is -2.41. The molecule has 3 fully saturated rings. The molecular formula is C38H51F3N4O2. The molecule has 47 heavy (non-hydrogen) atoms. The molecule has 6 nitrogen and oxygen atoms in total. The number of carbonyl (C=O) groups excluding carboxylic acids is 2. The smallest absolute Gasteiger partial charge is 0.355 e. The molecule has 2 aliphatic heterocycles. The molecule has 256 valence electrons. The van der Waals surface area contributed by atoms with Crippen LogP contribution in [0.4, 0.5) is 18.9 Å². The van der Waals surface area contributed by atoms with Gasteiger partial charge in [-0.25, -0.2) is 0 Å². The summed E-state index contributed by atoms with van der Waals surface area (Å²) in [5, 5.41) is 2.20. The number of piperidine rings is 2. The number of hydrogen-bond acceptors (Lipinski definition) is 5. The number of hydrogen-bond donors (Lipinski definition) is 2. The molecule has 4 aliphatic rings. The third kappa shape index (κ3) is 7.26. The Labute approximate surface area is 277 Å². The molecule has 2 aliphatic carbocycles. The summed E-state index contributed by atoms with van der Waals surface area (Å²) in [4.78, 5) is 33.5. The fourth-order valence-electron chi connectivity index (χ4n) is 8.75. The van der Waals surface area contributed by atoms with Crippen LogP contribution in [0.25, 0.3) is 11.1 Å². The second kappa shape index (κ2) is 14.7. The normalized spacial score (nSPS) is 23.8. The van der Waals surface area contributed by atoms with Crippen molar-refractivity contribution in [1.82, 2.24) is 10.2 Å². The Morgan fingerprint density at radius 2 is 1.66 bits per heavy atom. The van der Waals surface area contributed by atoms with Crippen LogP contribution >= 0.6 is 0 Å². The Balaban J connectivity index is 1.50. The van der Waals surface area contributed by atoms with E-state index in [-0.39, 0.29) is 18.0 Å². The van der Waals surface area contributed by atoms with E-state index in [1.807, 2.05) is 30.3 Å². The molecule has 6 rings (SSSR count). The molecule has 2 heterocycles. The van der Waals surface area contributed by atoms with Crippen LogP contribution in [-0.2, 0) is 11.2 Å². The summed E-state index contributed by atoms with van der Waals surface area (Å²) in [6.07, 6.45) is 9.46. The van der Waals surface area contributed by atoms with Crippen molar-refractivity contribution in [3.8, 4) is 11.1 Å². The van der Waals surface area contributed by atoms with Crippen LogP contribution in [0, 0.1) is 5.92 Å². The van der Waals surface area contributed by atoms with Gasteiger partial charge >= 0.3 is 6.18 Å². The highest BCUT2D eigenvalue weighted by Crippen LogP contribution is 2.51. The van der Waals surface area contributed by atoms with E-state index >= 15 is 4.79 Å². The van der Waals surface area contributed by atoms with Crippen LogP contribution in [-0.4, -0.2) is 61.2 Å². The Bertz CT molecular complexity index is 1440. The number of halogens is 3. The molecule has 2 aromatic carbocycles. The summed E-state index contributed by atoms with van der Waals surface area (Å²) in [5.74, 6) is -0.812. The number of fused-ring (bicyclic) bond motifs is 3. The number of unbranched alkanes of at least 4 members (excludes halogenated alkanes) is 1. The quantitative estimate of drug-likeness (QED) is 0.257. The molecule has 0 radical (unpaired) electrons. The minimum absolute atomic E-state index is 0.122. The van der Waals surface area contributed by atoms with E-state index in [0.29, 0.717) is 30.0 Å². The zero-order valence-corrected chi connectivity index (χ0v) is 27.8. The number of ketones is 1. The SMILES string of the molecule is CCCCc1c2c(cc(C(=O)C3CCCCN3CC3CCCCC3)c1N1CCCCC1N)-c1ccccc1C2C(=O)NCC(F)(F)F. The predicted octanol–water partition coefficient (Wildman–Crippen LogP) is 7.71. The van der Waals surface area contributed by atoms with Gasteiger partial charge in [0, 0.05) is 18.7 Å². The number of likely N-dealkylation sites (tertiary alicyclic amines) is 1. The van der Waals surface area contributed by atoms with Crippen molar-refractivity contribution in [1.29, 1.82) is 0 Å². The van der Waals surface area contributed by atoms with Crippen LogP contribution in [0.1, 0.15) is 123 Å². The summed E-state index contributed by atoms with van der Waals surface area (Å²) in [5.41, 5.74) is 12.3. The van der Waals surface area contributed by atoms with E-state index in [9.17, 15) is 18.0 Å². The van der Waals surface area contributed by atoms with Crippen molar-refractivity contribution in [2.45, 2.75) is 121 Å². The van der Waals surface area contributed by atoms with Crippen molar-refractivity contribution in [2.24, 2.45) is 11.7 Å². The van der Waals surface area contributed by atoms with E-state index < -0.39 is 24.5 Å². The average Bonchev–Trinajstić information content (AvgIpc) is 3.40. The predicted molar refractivity (Wildman–Crippen MR) is 181 cm³/mol. The van der Waals surface area contributed by atoms with Gasteiger partial charge in [-0.15, -0.1) is 0 Å². The zero-order chi connectivity index (χ0) is 33.1. The highest BCUT2D eigenvalue weighted by molar-refractivity contribution is 6.09. The number of nitrogens with one attached hydrogen (secondary N) is 1. The van der Waals surface area contributed by atoms with Gasteiger partial charge in [0.25, 0.3) is 0 Å². The number of amides is 1. The molecule has 0 bridgehead atoms. The largest absolute Gasteiger partial charge is 0.405 e. The minimum atomic E-state index is -4.52. The lowest BCUT2D eigenvalue weighted by Crippen LogP contribution is -2.49. The van der Waals surface area contributed by atoms with Crippen molar-refractivity contribution in [2.75, 3.05) is 31.1 Å². The van der Waals surface area contributed by atoms with Crippen molar-refractivity contribution in [3.63, 3.8) is 0 Å². The summed E-state index contributed by atoms with van der Waals surface area (Å²) < 4.78 is 39.9. The average molecular weight is 653 g/mol. The fraction of sp³-hybridized carbons (Fsp3) is 0.632. The molecule has 2 saturated heterocycles. The second-order valence-electron chi connectivity index (χ2n) is 14.3. The van der Waals surface area contributed by atoms with Gasteiger partial charge in [-0.3, -0.25) is 14.5 Å². The highest BCUT2D eigenvalue weighted by Gasteiger charge is 2.42. The van der Waals surface area contributed by atoms with Gasteiger partial charge in [-0.05, 0) is 104 Å². The summed E-state index contributed by atoms with van der Waals surface area (Å²) in [7, 11) is 0. The van der Waals surface area contributed by atoms with Gasteiger partial charge in [0.15, 0.2) is 5.78 Å². The standard InChI is InChI=1S/C38H51F3N4O2/c1-2-3-15-28-33-29(26-16-7-8-17-27(26)34(33)37(47)43-24-38(39,40)41)22-30(35(28)45-21-12-10-19-32(45)42)36(46)31-18-9-11-20-44(31)23-25-13-5-4-6-14-25/h7-8,16-17,22,25,31-32,34H,2-6,9-15,18-21,23-24,42H2,1H3,(H,43,47). The molecule has 0 spiro atoms. The summed E-state index contributed by atoms with van der Waals surface area (Å²) >= 11 is 0. The van der Waals surface area contributed by atoms with Crippen molar-refractivity contribution < 1.29 is 22.8 Å². The van der Waals surface area contributed by atoms with Crippen molar-refractivity contribution >= 4 is 17.4 Å². The third-order valence-electron chi connectivity index (χ3n) is 11.0. The number of carbonyl (C=O) groups is 2. The number of benzene rings is 2. The first kappa shape index (κ1) is 34.0. The van der Waals surface area contributed by atoms with Gasteiger partial charge in [-0.2, -0.15) is 13.2 Å². The van der Waals surface area contributed by atoms with Gasteiger partial charge in [0.05, 0.1) is 23.8 Å². The zero-order valence-electron chi connectivity index (χ0n) is 27.8. The molecule has 3 atom stereocenters. The fourth-order valence-corrected chi connectivity index (χ4v) is 8.75. The molecule has 3 unspecified atom stereocenters. The molecule has 9 heteroatoms. The van der Waals surface area contributed by atoms with Crippen LogP contribution < -0.4 is 16.0 Å². The Hall–Kier alpha value is -2.91. The second-order valence-corrected chi connectivity index (χ2v) is 14.3. The Morgan fingerprint density at radius 3 is 2.40 bits per heavy atom. The summed E-state index contributed by atoms with van der Waals surface area (Å²) in [6.45, 7) is 3.29. The first-order valence-corrected chi connectivity index (χ1v) is 18.1. The number of anilines is 1. The van der Waals surface area contributed by atoms with Gasteiger partial charge < -0.3 is 16.0 Å². The number of alkyl halides is 3. The molecule has 1 saturated carbocycles. The molecule has 3 N–H and O–H groups in total. The molecule has 1 amide bonds. The van der Waals surface area contributed by atoms with Crippen LogP contribution in [0.2, 0.25) is 0 Å². The maximum absolute atomic E-state index is 15.1. The molecule has 0 aromatic heterocycles. The Morgan fingerprint density at radius 1 is 0.936 bits per heavy atom. The monoisotopic (exact) mass is 652 g/mol. The van der Waals surface area contributed by atoms with Crippen molar-refractivity contribution in [3.05, 3.63) is 52.6 Å². The first-order chi connectivity index (χ1) is 22.7. The number of nitrogens with zero attached hydrogens (tertiary/aromatic N) is 2. The Kier molecular flexibility index (Phi) is 10.6. The van der Waals surface area contributed by atoms with E-state index in [1.54, 1.807) is 0 Å². The van der Waals surface area contributed by atoms with E-state index in [0.717, 1.165) is 92.4 Å². The molecule has 2 aromatic rings. The van der Waals surface area contributed by atoms with Gasteiger partial charge in [0.2, 0.25) is 5.91 Å². The summed E-state index contributed by atoms with van der Waals surface area (Å²) in [6, 6.07) is 9.27. The van der Waals surface area contributed by atoms with E-state index in [2.05, 4.69) is 22.0 Å². The molecular weight excluding hydrogens is 601 g/mol.